The molecule has 8 nitrogen and oxygen atoms in total. The lowest BCUT2D eigenvalue weighted by Gasteiger charge is -2.12. The van der Waals surface area contributed by atoms with Crippen LogP contribution in [0.5, 0.6) is 0 Å². The highest BCUT2D eigenvalue weighted by atomic mass is 16.6. The van der Waals surface area contributed by atoms with E-state index < -0.39 is 17.1 Å². The summed E-state index contributed by atoms with van der Waals surface area (Å²) in [6.45, 7) is 0.442. The predicted octanol–water partition coefficient (Wildman–Crippen LogP) is -0.857. The molecule has 0 radical (unpaired) electrons. The molecule has 0 amide bonds. The van der Waals surface area contributed by atoms with E-state index in [0.29, 0.717) is 0 Å². The number of aromatic nitrogens is 1. The summed E-state index contributed by atoms with van der Waals surface area (Å²) in [7, 11) is 0. The van der Waals surface area contributed by atoms with Gasteiger partial charge in [0, 0.05) is 19.2 Å². The van der Waals surface area contributed by atoms with E-state index in [4.69, 9.17) is 0 Å². The quantitative estimate of drug-likeness (QED) is 0.366. The Bertz CT molecular complexity index is 462. The van der Waals surface area contributed by atoms with Gasteiger partial charge in [-0.2, -0.15) is 0 Å². The highest BCUT2D eigenvalue weighted by Gasteiger charge is 2.31. The van der Waals surface area contributed by atoms with Crippen LogP contribution in [0.25, 0.3) is 0 Å². The maximum absolute atomic E-state index is 11.8. The first-order chi connectivity index (χ1) is 8.47. The summed E-state index contributed by atoms with van der Waals surface area (Å²) >= 11 is 0. The van der Waals surface area contributed by atoms with E-state index in [-0.39, 0.29) is 36.8 Å². The number of likely N-dealkylation sites (tertiary alicyclic amines) is 1. The Hall–Kier alpha value is -1.77. The number of H-pyrrole nitrogens is 1. The van der Waals surface area contributed by atoms with Gasteiger partial charge >= 0.3 is 0 Å². The van der Waals surface area contributed by atoms with Gasteiger partial charge in [-0.1, -0.05) is 0 Å². The molecule has 1 saturated heterocycles. The Morgan fingerprint density at radius 3 is 2.61 bits per heavy atom. The lowest BCUT2D eigenvalue weighted by atomic mass is 10.2. The van der Waals surface area contributed by atoms with Crippen molar-refractivity contribution in [3.8, 4) is 0 Å². The minimum Gasteiger partial charge on any atom is -0.389 e. The van der Waals surface area contributed by atoms with E-state index in [1.165, 1.54) is 6.07 Å². The molecule has 98 valence electrons. The molecule has 0 saturated carbocycles. The lowest BCUT2D eigenvalue weighted by Crippen LogP contribution is -2.29. The molecular formula is C10H13N3O5. The Morgan fingerprint density at radius 2 is 2.11 bits per heavy atom. The summed E-state index contributed by atoms with van der Waals surface area (Å²) in [4.78, 5) is 25.8. The van der Waals surface area contributed by atoms with Gasteiger partial charge in [0.15, 0.2) is 5.78 Å². The summed E-state index contributed by atoms with van der Waals surface area (Å²) in [5, 5.41) is 29.1. The average Bonchev–Trinajstić information content (AvgIpc) is 2.87. The van der Waals surface area contributed by atoms with E-state index in [1.54, 1.807) is 4.90 Å². The number of nitro groups is 1. The van der Waals surface area contributed by atoms with Crippen LogP contribution >= 0.6 is 0 Å². The van der Waals surface area contributed by atoms with Crippen molar-refractivity contribution < 1.29 is 19.9 Å². The predicted molar refractivity (Wildman–Crippen MR) is 60.2 cm³/mol. The van der Waals surface area contributed by atoms with Gasteiger partial charge in [-0.3, -0.25) is 19.8 Å². The average molecular weight is 255 g/mol. The Kier molecular flexibility index (Phi) is 3.41. The monoisotopic (exact) mass is 255 g/mol. The van der Waals surface area contributed by atoms with Gasteiger partial charge in [0.1, 0.15) is 0 Å². The van der Waals surface area contributed by atoms with Gasteiger partial charge in [0.2, 0.25) is 0 Å². The van der Waals surface area contributed by atoms with Crippen molar-refractivity contribution in [2.75, 3.05) is 19.6 Å². The topological polar surface area (TPSA) is 120 Å². The largest absolute Gasteiger partial charge is 0.389 e. The van der Waals surface area contributed by atoms with Crippen LogP contribution in [0.4, 0.5) is 5.69 Å². The van der Waals surface area contributed by atoms with Crippen LogP contribution < -0.4 is 0 Å². The van der Waals surface area contributed by atoms with Gasteiger partial charge in [-0.25, -0.2) is 0 Å². The highest BCUT2D eigenvalue weighted by molar-refractivity contribution is 5.96. The van der Waals surface area contributed by atoms with Crippen molar-refractivity contribution in [3.05, 3.63) is 28.1 Å². The summed E-state index contributed by atoms with van der Waals surface area (Å²) in [6, 6.07) is 1.17. The van der Waals surface area contributed by atoms with Crippen molar-refractivity contribution in [1.29, 1.82) is 0 Å². The summed E-state index contributed by atoms with van der Waals surface area (Å²) in [6.07, 6.45) is -0.549. The van der Waals surface area contributed by atoms with Crippen LogP contribution in [0.15, 0.2) is 12.3 Å². The smallest absolute Gasteiger partial charge is 0.287 e. The first-order valence-corrected chi connectivity index (χ1v) is 5.42. The lowest BCUT2D eigenvalue weighted by molar-refractivity contribution is -0.384. The molecule has 2 rings (SSSR count). The number of aromatic amines is 1. The zero-order valence-electron chi connectivity index (χ0n) is 9.44. The van der Waals surface area contributed by atoms with E-state index in [9.17, 15) is 25.1 Å². The number of β-amino-alcohol motifs (C(OH)–C–C–N with tert-alkyl or cyclic N) is 2. The molecule has 8 heteroatoms. The Morgan fingerprint density at radius 1 is 1.50 bits per heavy atom. The van der Waals surface area contributed by atoms with E-state index in [1.807, 2.05) is 0 Å². The Labute approximate surface area is 102 Å². The molecule has 2 heterocycles. The maximum Gasteiger partial charge on any atom is 0.287 e. The number of Topliss-reactive ketones (excluding diaryl/α,β-unsaturated/α-hetero) is 1. The van der Waals surface area contributed by atoms with Crippen molar-refractivity contribution >= 4 is 11.5 Å². The second-order valence-corrected chi connectivity index (χ2v) is 4.28. The molecule has 0 bridgehead atoms. The number of carbonyl (C=O) groups is 1. The van der Waals surface area contributed by atoms with Crippen molar-refractivity contribution in [1.82, 2.24) is 9.88 Å². The molecule has 2 atom stereocenters. The SMILES string of the molecule is O=C(CN1CC(O)C(O)C1)c1cc([N+](=O)[O-])c[nH]1. The number of rotatable bonds is 4. The highest BCUT2D eigenvalue weighted by Crippen LogP contribution is 2.15. The molecule has 1 aromatic heterocycles. The summed E-state index contributed by atoms with van der Waals surface area (Å²) < 4.78 is 0. The summed E-state index contributed by atoms with van der Waals surface area (Å²) in [5.74, 6) is -0.315. The number of nitrogens with zero attached hydrogens (tertiary/aromatic N) is 2. The van der Waals surface area contributed by atoms with Gasteiger partial charge in [-0.05, 0) is 0 Å². The Balaban J connectivity index is 1.97. The minimum atomic E-state index is -0.851. The number of hydrogen-bond acceptors (Lipinski definition) is 6. The second kappa shape index (κ2) is 4.84. The standard InChI is InChI=1S/C10H13N3O5/c14-8(3-12-4-9(15)10(16)5-12)7-1-6(2-11-7)13(17)18/h1-2,9-11,15-16H,3-5H2. The molecule has 1 fully saturated rings. The van der Waals surface area contributed by atoms with Gasteiger partial charge < -0.3 is 15.2 Å². The number of ketones is 1. The number of aliphatic hydroxyl groups excluding tert-OH is 2. The molecule has 0 aromatic carbocycles. The van der Waals surface area contributed by atoms with Gasteiger partial charge in [-0.15, -0.1) is 0 Å². The zero-order valence-corrected chi connectivity index (χ0v) is 9.44. The van der Waals surface area contributed by atoms with E-state index in [2.05, 4.69) is 4.98 Å². The molecule has 18 heavy (non-hydrogen) atoms. The third-order valence-electron chi connectivity index (χ3n) is 2.88. The molecule has 0 aliphatic carbocycles. The third kappa shape index (κ3) is 2.55. The zero-order chi connectivity index (χ0) is 13.3. The van der Waals surface area contributed by atoms with Crippen LogP contribution in [0, 0.1) is 10.1 Å². The van der Waals surface area contributed by atoms with Crippen molar-refractivity contribution in [2.24, 2.45) is 0 Å². The fourth-order valence-electron chi connectivity index (χ4n) is 1.91. The van der Waals surface area contributed by atoms with Gasteiger partial charge in [0.25, 0.3) is 5.69 Å². The van der Waals surface area contributed by atoms with Crippen molar-refractivity contribution in [3.63, 3.8) is 0 Å². The normalized spacial score (nSPS) is 24.3. The van der Waals surface area contributed by atoms with Crippen LogP contribution in [-0.2, 0) is 0 Å². The fourth-order valence-corrected chi connectivity index (χ4v) is 1.91. The van der Waals surface area contributed by atoms with E-state index >= 15 is 0 Å². The maximum atomic E-state index is 11.8. The first kappa shape index (κ1) is 12.7. The molecular weight excluding hydrogens is 242 g/mol. The molecule has 1 aromatic rings. The van der Waals surface area contributed by atoms with E-state index in [0.717, 1.165) is 6.20 Å². The fraction of sp³-hybridized carbons (Fsp3) is 0.500. The number of hydrogen-bond donors (Lipinski definition) is 3. The van der Waals surface area contributed by atoms with Gasteiger partial charge in [0.05, 0.1) is 35.6 Å². The second-order valence-electron chi connectivity index (χ2n) is 4.28. The van der Waals surface area contributed by atoms with Crippen LogP contribution in [-0.4, -0.2) is 62.6 Å². The molecule has 2 unspecified atom stereocenters. The van der Waals surface area contributed by atoms with Crippen LogP contribution in [0.2, 0.25) is 0 Å². The minimum absolute atomic E-state index is 0.00574. The third-order valence-corrected chi connectivity index (χ3v) is 2.88. The van der Waals surface area contributed by atoms with Crippen LogP contribution in [0.1, 0.15) is 10.5 Å². The summed E-state index contributed by atoms with van der Waals surface area (Å²) in [5.41, 5.74) is -0.0163. The van der Waals surface area contributed by atoms with Crippen LogP contribution in [0.3, 0.4) is 0 Å². The number of aliphatic hydroxyl groups is 2. The molecule has 3 N–H and O–H groups in total. The molecule has 0 spiro atoms. The number of nitrogens with one attached hydrogen (secondary N) is 1. The molecule has 1 aliphatic heterocycles. The molecule has 1 aliphatic rings. The number of carbonyl (C=O) groups excluding carboxylic acids is 1. The first-order valence-electron chi connectivity index (χ1n) is 5.42. The van der Waals surface area contributed by atoms with Crippen molar-refractivity contribution in [2.45, 2.75) is 12.2 Å².